The normalized spacial score (nSPS) is 24.6. The van der Waals surface area contributed by atoms with Crippen LogP contribution < -0.4 is 5.32 Å². The van der Waals surface area contributed by atoms with Crippen molar-refractivity contribution in [3.05, 3.63) is 35.4 Å². The van der Waals surface area contributed by atoms with Gasteiger partial charge in [0.05, 0.1) is 17.8 Å². The Hall–Kier alpha value is -0.900. The van der Waals surface area contributed by atoms with Crippen LogP contribution >= 0.6 is 0 Å². The van der Waals surface area contributed by atoms with E-state index in [1.54, 1.807) is 0 Å². The zero-order valence-electron chi connectivity index (χ0n) is 12.4. The second-order valence-electron chi connectivity index (χ2n) is 6.58. The zero-order chi connectivity index (χ0) is 14.1. The fourth-order valence-corrected chi connectivity index (χ4v) is 2.88. The van der Waals surface area contributed by atoms with Gasteiger partial charge < -0.3 is 15.2 Å². The summed E-state index contributed by atoms with van der Waals surface area (Å²) in [4.78, 5) is 0. The van der Waals surface area contributed by atoms with Crippen molar-refractivity contribution in [2.45, 2.75) is 64.5 Å². The fourth-order valence-electron chi connectivity index (χ4n) is 2.88. The summed E-state index contributed by atoms with van der Waals surface area (Å²) in [5.74, 6) is 0. The SMILES string of the molecule is CC1(C)CC(NCc2ccc(CO)cc2)C(C)(C)O1. The van der Waals surface area contributed by atoms with E-state index in [1.165, 1.54) is 5.56 Å². The van der Waals surface area contributed by atoms with Crippen LogP contribution in [0.5, 0.6) is 0 Å². The van der Waals surface area contributed by atoms with Gasteiger partial charge in [-0.25, -0.2) is 0 Å². The Labute approximate surface area is 116 Å². The molecule has 2 N–H and O–H groups in total. The average molecular weight is 263 g/mol. The summed E-state index contributed by atoms with van der Waals surface area (Å²) in [6, 6.07) is 8.42. The Bertz CT molecular complexity index is 423. The minimum absolute atomic E-state index is 0.0537. The molecule has 1 atom stereocenters. The van der Waals surface area contributed by atoms with Gasteiger partial charge in [-0.2, -0.15) is 0 Å². The maximum Gasteiger partial charge on any atom is 0.0787 e. The summed E-state index contributed by atoms with van der Waals surface area (Å²) >= 11 is 0. The quantitative estimate of drug-likeness (QED) is 0.877. The first-order valence-electron chi connectivity index (χ1n) is 6.95. The summed E-state index contributed by atoms with van der Waals surface area (Å²) in [7, 11) is 0. The number of benzene rings is 1. The predicted molar refractivity (Wildman–Crippen MR) is 76.9 cm³/mol. The minimum atomic E-state index is -0.130. The van der Waals surface area contributed by atoms with Crippen LogP contribution in [-0.4, -0.2) is 22.4 Å². The first-order valence-corrected chi connectivity index (χ1v) is 6.95. The number of aliphatic hydroxyl groups excluding tert-OH is 1. The Morgan fingerprint density at radius 3 is 2.21 bits per heavy atom. The molecule has 1 aliphatic heterocycles. The lowest BCUT2D eigenvalue weighted by atomic mass is 9.94. The molecular formula is C16H25NO2. The summed E-state index contributed by atoms with van der Waals surface area (Å²) in [6.07, 6.45) is 1.02. The highest BCUT2D eigenvalue weighted by Gasteiger charge is 2.45. The van der Waals surface area contributed by atoms with E-state index in [2.05, 4.69) is 45.1 Å². The van der Waals surface area contributed by atoms with Crippen molar-refractivity contribution in [2.24, 2.45) is 0 Å². The van der Waals surface area contributed by atoms with Crippen molar-refractivity contribution in [1.29, 1.82) is 0 Å². The van der Waals surface area contributed by atoms with Crippen LogP contribution in [-0.2, 0) is 17.9 Å². The molecule has 1 heterocycles. The first-order chi connectivity index (χ1) is 8.82. The standard InChI is InChI=1S/C16H25NO2/c1-15(2)9-14(16(3,4)19-15)17-10-12-5-7-13(11-18)8-6-12/h5-8,14,17-18H,9-11H2,1-4H3. The van der Waals surface area contributed by atoms with Crippen LogP contribution in [0.25, 0.3) is 0 Å². The first kappa shape index (κ1) is 14.5. The minimum Gasteiger partial charge on any atom is -0.392 e. The third kappa shape index (κ3) is 3.56. The molecule has 1 saturated heterocycles. The summed E-state index contributed by atoms with van der Waals surface area (Å²) < 4.78 is 6.08. The largest absolute Gasteiger partial charge is 0.392 e. The Balaban J connectivity index is 1.94. The Kier molecular flexibility index (Phi) is 4.00. The van der Waals surface area contributed by atoms with Crippen LogP contribution in [0.15, 0.2) is 24.3 Å². The van der Waals surface area contributed by atoms with Gasteiger partial charge in [-0.05, 0) is 45.2 Å². The molecule has 1 aromatic carbocycles. The van der Waals surface area contributed by atoms with Crippen molar-refractivity contribution in [3.8, 4) is 0 Å². The van der Waals surface area contributed by atoms with Crippen molar-refractivity contribution < 1.29 is 9.84 Å². The van der Waals surface area contributed by atoms with Crippen molar-refractivity contribution in [2.75, 3.05) is 0 Å². The monoisotopic (exact) mass is 263 g/mol. The molecule has 106 valence electrons. The topological polar surface area (TPSA) is 41.5 Å². The molecule has 1 fully saturated rings. The van der Waals surface area contributed by atoms with Gasteiger partial charge in [0.1, 0.15) is 0 Å². The predicted octanol–water partition coefficient (Wildman–Crippen LogP) is 2.61. The van der Waals surface area contributed by atoms with Gasteiger partial charge in [0.15, 0.2) is 0 Å². The van der Waals surface area contributed by atoms with Crippen LogP contribution in [0.3, 0.4) is 0 Å². The Morgan fingerprint density at radius 1 is 1.16 bits per heavy atom. The second-order valence-corrected chi connectivity index (χ2v) is 6.58. The average Bonchev–Trinajstić information content (AvgIpc) is 2.55. The number of hydrogen-bond donors (Lipinski definition) is 2. The maximum atomic E-state index is 9.03. The molecule has 0 saturated carbocycles. The summed E-state index contributed by atoms with van der Waals surface area (Å²) in [5.41, 5.74) is 2.00. The third-order valence-electron chi connectivity index (χ3n) is 3.83. The number of ether oxygens (including phenoxy) is 1. The highest BCUT2D eigenvalue weighted by Crippen LogP contribution is 2.37. The molecule has 0 spiro atoms. The van der Waals surface area contributed by atoms with E-state index in [4.69, 9.17) is 9.84 Å². The van der Waals surface area contributed by atoms with Crippen LogP contribution in [0.1, 0.15) is 45.2 Å². The van der Waals surface area contributed by atoms with E-state index < -0.39 is 0 Å². The molecule has 0 aromatic heterocycles. The van der Waals surface area contributed by atoms with Crippen LogP contribution in [0.4, 0.5) is 0 Å². The van der Waals surface area contributed by atoms with Gasteiger partial charge in [0, 0.05) is 12.6 Å². The molecule has 19 heavy (non-hydrogen) atoms. The van der Waals surface area contributed by atoms with E-state index in [9.17, 15) is 0 Å². The molecule has 3 heteroatoms. The van der Waals surface area contributed by atoms with Crippen LogP contribution in [0.2, 0.25) is 0 Å². The number of aliphatic hydroxyl groups is 1. The number of nitrogens with one attached hydrogen (secondary N) is 1. The van der Waals surface area contributed by atoms with Gasteiger partial charge >= 0.3 is 0 Å². The molecule has 0 amide bonds. The molecule has 1 aromatic rings. The smallest absolute Gasteiger partial charge is 0.0787 e. The van der Waals surface area contributed by atoms with E-state index >= 15 is 0 Å². The second kappa shape index (κ2) is 5.23. The lowest BCUT2D eigenvalue weighted by molar-refractivity contribution is -0.0699. The molecular weight excluding hydrogens is 238 g/mol. The lowest BCUT2D eigenvalue weighted by Crippen LogP contribution is -2.42. The Morgan fingerprint density at radius 2 is 1.74 bits per heavy atom. The number of hydrogen-bond acceptors (Lipinski definition) is 3. The van der Waals surface area contributed by atoms with Crippen molar-refractivity contribution in [1.82, 2.24) is 5.32 Å². The highest BCUT2D eigenvalue weighted by molar-refractivity contribution is 5.22. The van der Waals surface area contributed by atoms with Crippen molar-refractivity contribution >= 4 is 0 Å². The summed E-state index contributed by atoms with van der Waals surface area (Å²) in [6.45, 7) is 9.52. The molecule has 0 bridgehead atoms. The van der Waals surface area contributed by atoms with Crippen LogP contribution in [0, 0.1) is 0 Å². The van der Waals surface area contributed by atoms with E-state index in [-0.39, 0.29) is 17.8 Å². The highest BCUT2D eigenvalue weighted by atomic mass is 16.5. The third-order valence-corrected chi connectivity index (χ3v) is 3.83. The molecule has 2 rings (SSSR count). The maximum absolute atomic E-state index is 9.03. The molecule has 1 aliphatic rings. The van der Waals surface area contributed by atoms with E-state index in [0.29, 0.717) is 6.04 Å². The van der Waals surface area contributed by atoms with Gasteiger partial charge in [-0.3, -0.25) is 0 Å². The molecule has 0 aliphatic carbocycles. The van der Waals surface area contributed by atoms with E-state index in [0.717, 1.165) is 18.5 Å². The summed E-state index contributed by atoms with van der Waals surface area (Å²) in [5, 5.41) is 12.6. The fraction of sp³-hybridized carbons (Fsp3) is 0.625. The van der Waals surface area contributed by atoms with Gasteiger partial charge in [0.2, 0.25) is 0 Å². The zero-order valence-corrected chi connectivity index (χ0v) is 12.4. The van der Waals surface area contributed by atoms with Crippen molar-refractivity contribution in [3.63, 3.8) is 0 Å². The van der Waals surface area contributed by atoms with E-state index in [1.807, 2.05) is 12.1 Å². The molecule has 1 unspecified atom stereocenters. The molecule has 3 nitrogen and oxygen atoms in total. The molecule has 0 radical (unpaired) electrons. The lowest BCUT2D eigenvalue weighted by Gasteiger charge is -2.28. The number of rotatable bonds is 4. The van der Waals surface area contributed by atoms with Gasteiger partial charge in [-0.15, -0.1) is 0 Å². The van der Waals surface area contributed by atoms with Gasteiger partial charge in [-0.1, -0.05) is 24.3 Å². The van der Waals surface area contributed by atoms with Gasteiger partial charge in [0.25, 0.3) is 0 Å².